The van der Waals surface area contributed by atoms with Gasteiger partial charge in [0.15, 0.2) is 0 Å². The monoisotopic (exact) mass is 428 g/mol. The van der Waals surface area contributed by atoms with Gasteiger partial charge in [0.05, 0.1) is 5.56 Å². The van der Waals surface area contributed by atoms with Crippen molar-refractivity contribution in [2.24, 2.45) is 0 Å². The molecule has 1 saturated heterocycles. The van der Waals surface area contributed by atoms with Gasteiger partial charge in [-0.25, -0.2) is 0 Å². The lowest BCUT2D eigenvalue weighted by molar-refractivity contribution is 0.0950. The summed E-state index contributed by atoms with van der Waals surface area (Å²) < 4.78 is 0. The summed E-state index contributed by atoms with van der Waals surface area (Å²) in [7, 11) is 0. The summed E-state index contributed by atoms with van der Waals surface area (Å²) in [4.78, 5) is 32.1. The van der Waals surface area contributed by atoms with Crippen LogP contribution in [-0.2, 0) is 13.0 Å². The summed E-state index contributed by atoms with van der Waals surface area (Å²) in [6.07, 6.45) is 6.60. The van der Waals surface area contributed by atoms with Crippen LogP contribution in [0.15, 0.2) is 67.0 Å². The molecule has 164 valence electrons. The number of aryl methyl sites for hydroxylation is 1. The van der Waals surface area contributed by atoms with Gasteiger partial charge < -0.3 is 15.5 Å². The van der Waals surface area contributed by atoms with Gasteiger partial charge in [-0.15, -0.1) is 0 Å². The molecule has 32 heavy (non-hydrogen) atoms. The number of carbonyl (C=O) groups is 2. The van der Waals surface area contributed by atoms with Crippen LogP contribution in [0.25, 0.3) is 0 Å². The van der Waals surface area contributed by atoms with Crippen LogP contribution < -0.4 is 15.5 Å². The Kier molecular flexibility index (Phi) is 6.80. The number of amides is 2. The number of nitrogens with zero attached hydrogens (tertiary/aromatic N) is 2. The summed E-state index contributed by atoms with van der Waals surface area (Å²) in [6.45, 7) is 4.33. The zero-order valence-electron chi connectivity index (χ0n) is 18.3. The van der Waals surface area contributed by atoms with Gasteiger partial charge in [0, 0.05) is 49.0 Å². The molecule has 1 aliphatic heterocycles. The van der Waals surface area contributed by atoms with Gasteiger partial charge in [-0.1, -0.05) is 25.1 Å². The van der Waals surface area contributed by atoms with Gasteiger partial charge in [0.25, 0.3) is 11.8 Å². The maximum absolute atomic E-state index is 13.1. The average Bonchev–Trinajstić information content (AvgIpc) is 3.38. The van der Waals surface area contributed by atoms with Crippen molar-refractivity contribution in [2.75, 3.05) is 23.3 Å². The third-order valence-electron chi connectivity index (χ3n) is 5.75. The molecule has 1 aliphatic rings. The molecule has 0 radical (unpaired) electrons. The fourth-order valence-electron chi connectivity index (χ4n) is 3.90. The molecular weight excluding hydrogens is 400 g/mol. The van der Waals surface area contributed by atoms with Crippen molar-refractivity contribution < 1.29 is 9.59 Å². The molecule has 2 aromatic carbocycles. The highest BCUT2D eigenvalue weighted by atomic mass is 16.2. The molecular formula is C26H28N4O2. The topological polar surface area (TPSA) is 74.3 Å². The van der Waals surface area contributed by atoms with Crippen molar-refractivity contribution in [3.63, 3.8) is 0 Å². The van der Waals surface area contributed by atoms with Gasteiger partial charge >= 0.3 is 0 Å². The van der Waals surface area contributed by atoms with Crippen molar-refractivity contribution in [3.05, 3.63) is 89.2 Å². The second kappa shape index (κ2) is 10.1. The van der Waals surface area contributed by atoms with E-state index in [9.17, 15) is 9.59 Å². The van der Waals surface area contributed by atoms with E-state index in [1.54, 1.807) is 18.5 Å². The SMILES string of the molecule is CCc1ccc(C(=O)Nc2ccc(N3CCCC3)c(C(=O)NCc3cccnc3)c2)cc1. The predicted octanol–water partition coefficient (Wildman–Crippen LogP) is 4.43. The highest BCUT2D eigenvalue weighted by Crippen LogP contribution is 2.28. The van der Waals surface area contributed by atoms with E-state index in [-0.39, 0.29) is 11.8 Å². The Bertz CT molecular complexity index is 1070. The van der Waals surface area contributed by atoms with Crippen molar-refractivity contribution in [2.45, 2.75) is 32.7 Å². The Morgan fingerprint density at radius 1 is 0.969 bits per heavy atom. The lowest BCUT2D eigenvalue weighted by Gasteiger charge is -2.22. The van der Waals surface area contributed by atoms with Gasteiger partial charge in [0.1, 0.15) is 0 Å². The first-order valence-corrected chi connectivity index (χ1v) is 11.1. The Balaban J connectivity index is 1.54. The van der Waals surface area contributed by atoms with Crippen LogP contribution in [0.1, 0.15) is 51.6 Å². The Morgan fingerprint density at radius 2 is 1.75 bits per heavy atom. The summed E-state index contributed by atoms with van der Waals surface area (Å²) in [6, 6.07) is 16.9. The molecule has 2 heterocycles. The first kappa shape index (κ1) is 21.6. The van der Waals surface area contributed by atoms with Crippen LogP contribution >= 0.6 is 0 Å². The smallest absolute Gasteiger partial charge is 0.255 e. The number of pyridine rings is 1. The van der Waals surface area contributed by atoms with Crippen LogP contribution in [0.2, 0.25) is 0 Å². The minimum Gasteiger partial charge on any atom is -0.371 e. The number of rotatable bonds is 7. The lowest BCUT2D eigenvalue weighted by Crippen LogP contribution is -2.27. The largest absolute Gasteiger partial charge is 0.371 e. The van der Waals surface area contributed by atoms with E-state index >= 15 is 0 Å². The molecule has 6 heteroatoms. The van der Waals surface area contributed by atoms with Gasteiger partial charge in [-0.3, -0.25) is 14.6 Å². The minimum absolute atomic E-state index is 0.167. The van der Waals surface area contributed by atoms with Crippen LogP contribution in [-0.4, -0.2) is 29.9 Å². The highest BCUT2D eigenvalue weighted by Gasteiger charge is 2.20. The van der Waals surface area contributed by atoms with E-state index in [1.165, 1.54) is 5.56 Å². The molecule has 6 nitrogen and oxygen atoms in total. The van der Waals surface area contributed by atoms with E-state index in [0.717, 1.165) is 43.6 Å². The second-order valence-electron chi connectivity index (χ2n) is 7.97. The Hall–Kier alpha value is -3.67. The van der Waals surface area contributed by atoms with E-state index in [1.807, 2.05) is 48.5 Å². The molecule has 0 atom stereocenters. The summed E-state index contributed by atoms with van der Waals surface area (Å²) in [5.41, 5.74) is 4.77. The van der Waals surface area contributed by atoms with E-state index in [0.29, 0.717) is 23.4 Å². The van der Waals surface area contributed by atoms with E-state index in [2.05, 4.69) is 27.4 Å². The van der Waals surface area contributed by atoms with Crippen molar-refractivity contribution in [1.82, 2.24) is 10.3 Å². The Morgan fingerprint density at radius 3 is 2.44 bits per heavy atom. The molecule has 3 aromatic rings. The van der Waals surface area contributed by atoms with Gasteiger partial charge in [0.2, 0.25) is 0 Å². The third-order valence-corrected chi connectivity index (χ3v) is 5.75. The van der Waals surface area contributed by atoms with E-state index < -0.39 is 0 Å². The molecule has 1 fully saturated rings. The summed E-state index contributed by atoms with van der Waals surface area (Å²) >= 11 is 0. The number of hydrogen-bond donors (Lipinski definition) is 2. The van der Waals surface area contributed by atoms with Crippen LogP contribution in [0.4, 0.5) is 11.4 Å². The molecule has 0 unspecified atom stereocenters. The van der Waals surface area contributed by atoms with Crippen molar-refractivity contribution in [1.29, 1.82) is 0 Å². The van der Waals surface area contributed by atoms with Gasteiger partial charge in [-0.05, 0) is 66.8 Å². The first-order valence-electron chi connectivity index (χ1n) is 11.1. The lowest BCUT2D eigenvalue weighted by atomic mass is 10.1. The minimum atomic E-state index is -0.191. The van der Waals surface area contributed by atoms with Crippen LogP contribution in [0.5, 0.6) is 0 Å². The van der Waals surface area contributed by atoms with Crippen molar-refractivity contribution in [3.8, 4) is 0 Å². The molecule has 0 saturated carbocycles. The van der Waals surface area contributed by atoms with Crippen molar-refractivity contribution >= 4 is 23.2 Å². The maximum atomic E-state index is 13.1. The zero-order valence-corrected chi connectivity index (χ0v) is 18.3. The Labute approximate surface area is 188 Å². The number of hydrogen-bond acceptors (Lipinski definition) is 4. The molecule has 1 aromatic heterocycles. The quantitative estimate of drug-likeness (QED) is 0.584. The number of anilines is 2. The van der Waals surface area contributed by atoms with E-state index in [4.69, 9.17) is 0 Å². The third kappa shape index (κ3) is 5.14. The normalized spacial score (nSPS) is 13.1. The first-order chi connectivity index (χ1) is 15.6. The second-order valence-corrected chi connectivity index (χ2v) is 7.97. The number of nitrogens with one attached hydrogen (secondary N) is 2. The number of benzene rings is 2. The maximum Gasteiger partial charge on any atom is 0.255 e. The zero-order chi connectivity index (χ0) is 22.3. The van der Waals surface area contributed by atoms with Crippen LogP contribution in [0.3, 0.4) is 0 Å². The molecule has 0 aliphatic carbocycles. The van der Waals surface area contributed by atoms with Gasteiger partial charge in [-0.2, -0.15) is 0 Å². The molecule has 2 N–H and O–H groups in total. The molecule has 2 amide bonds. The molecule has 0 bridgehead atoms. The summed E-state index contributed by atoms with van der Waals surface area (Å²) in [5, 5.41) is 5.92. The average molecular weight is 429 g/mol. The number of carbonyl (C=O) groups excluding carboxylic acids is 2. The highest BCUT2D eigenvalue weighted by molar-refractivity contribution is 6.06. The summed E-state index contributed by atoms with van der Waals surface area (Å²) in [5.74, 6) is -0.359. The molecule has 0 spiro atoms. The predicted molar refractivity (Wildman–Crippen MR) is 127 cm³/mol. The number of aromatic nitrogens is 1. The fourth-order valence-corrected chi connectivity index (χ4v) is 3.90. The van der Waals surface area contributed by atoms with Crippen LogP contribution in [0, 0.1) is 0 Å². The standard InChI is InChI=1S/C26H28N4O2/c1-2-19-7-9-21(10-8-19)25(31)29-22-11-12-24(30-14-3-4-15-30)23(16-22)26(32)28-18-20-6-5-13-27-17-20/h5-13,16-17H,2-4,14-15,18H2,1H3,(H,28,32)(H,29,31). The molecule has 4 rings (SSSR count). The fraction of sp³-hybridized carbons (Fsp3) is 0.269.